The quantitative estimate of drug-likeness (QED) is 0.716. The third kappa shape index (κ3) is 3.95. The number of thioether (sulfide) groups is 1. The molecule has 2 aliphatic carbocycles. The predicted molar refractivity (Wildman–Crippen MR) is 103 cm³/mol. The maximum atomic E-state index is 12.5. The summed E-state index contributed by atoms with van der Waals surface area (Å²) in [6.45, 7) is 4.74. The highest BCUT2D eigenvalue weighted by Crippen LogP contribution is 2.46. The molecule has 138 valence electrons. The number of nitrogens with zero attached hydrogens (tertiary/aromatic N) is 3. The first kappa shape index (κ1) is 17.6. The molecule has 2 atom stereocenters. The predicted octanol–water partition coefficient (Wildman–Crippen LogP) is 3.89. The first-order valence-corrected chi connectivity index (χ1v) is 10.5. The summed E-state index contributed by atoms with van der Waals surface area (Å²) in [5, 5.41) is 12.7. The maximum absolute atomic E-state index is 12.5. The van der Waals surface area contributed by atoms with Gasteiger partial charge < -0.3 is 9.88 Å². The first-order chi connectivity index (χ1) is 12.6. The molecule has 1 heterocycles. The van der Waals surface area contributed by atoms with Crippen LogP contribution in [0.25, 0.3) is 0 Å². The summed E-state index contributed by atoms with van der Waals surface area (Å²) in [4.78, 5) is 12.5. The Hall–Kier alpha value is -1.82. The van der Waals surface area contributed by atoms with E-state index in [1.165, 1.54) is 43.0 Å². The fourth-order valence-electron chi connectivity index (χ4n) is 3.17. The zero-order chi connectivity index (χ0) is 18.1. The molecular weight excluding hydrogens is 344 g/mol. The standard InChI is InChI=1S/C20H26N4OS/c1-13(15-6-4-3-5-7-15)12-21-19(25)14(2)26-20-23-22-18(16-8-9-16)24(20)17-10-11-17/h3-7,13-14,16-17H,8-12H2,1-2H3,(H,21,25)/t13-,14+/m1/s1. The molecule has 2 aliphatic rings. The van der Waals surface area contributed by atoms with Crippen LogP contribution in [0.2, 0.25) is 0 Å². The van der Waals surface area contributed by atoms with Gasteiger partial charge in [-0.2, -0.15) is 0 Å². The van der Waals surface area contributed by atoms with Gasteiger partial charge in [-0.1, -0.05) is 49.0 Å². The van der Waals surface area contributed by atoms with Crippen LogP contribution in [0.4, 0.5) is 0 Å². The minimum Gasteiger partial charge on any atom is -0.355 e. The van der Waals surface area contributed by atoms with Crippen LogP contribution in [-0.2, 0) is 4.79 Å². The lowest BCUT2D eigenvalue weighted by Crippen LogP contribution is -2.33. The average molecular weight is 371 g/mol. The fraction of sp³-hybridized carbons (Fsp3) is 0.550. The molecular formula is C20H26N4OS. The summed E-state index contributed by atoms with van der Waals surface area (Å²) in [5.41, 5.74) is 1.25. The number of hydrogen-bond acceptors (Lipinski definition) is 4. The van der Waals surface area contributed by atoms with Crippen molar-refractivity contribution in [2.24, 2.45) is 0 Å². The summed E-state index contributed by atoms with van der Waals surface area (Å²) in [5.74, 6) is 2.10. The minimum atomic E-state index is -0.174. The fourth-order valence-corrected chi connectivity index (χ4v) is 4.12. The van der Waals surface area contributed by atoms with E-state index in [2.05, 4.69) is 39.1 Å². The van der Waals surface area contributed by atoms with Gasteiger partial charge in [-0.15, -0.1) is 10.2 Å². The van der Waals surface area contributed by atoms with Gasteiger partial charge in [0.1, 0.15) is 5.82 Å². The van der Waals surface area contributed by atoms with Crippen LogP contribution >= 0.6 is 11.8 Å². The smallest absolute Gasteiger partial charge is 0.233 e. The summed E-state index contributed by atoms with van der Waals surface area (Å²) < 4.78 is 2.30. The second-order valence-corrected chi connectivity index (χ2v) is 8.84. The Labute approximate surface area is 159 Å². The Bertz CT molecular complexity index is 767. The summed E-state index contributed by atoms with van der Waals surface area (Å²) in [6, 6.07) is 10.8. The number of nitrogens with one attached hydrogen (secondary N) is 1. The van der Waals surface area contributed by atoms with Crippen molar-refractivity contribution in [1.29, 1.82) is 0 Å². The van der Waals surface area contributed by atoms with Gasteiger partial charge in [-0.25, -0.2) is 0 Å². The van der Waals surface area contributed by atoms with Gasteiger partial charge >= 0.3 is 0 Å². The minimum absolute atomic E-state index is 0.0658. The van der Waals surface area contributed by atoms with Gasteiger partial charge in [-0.05, 0) is 44.1 Å². The van der Waals surface area contributed by atoms with E-state index in [0.29, 0.717) is 24.4 Å². The molecule has 0 unspecified atom stereocenters. The number of hydrogen-bond donors (Lipinski definition) is 1. The number of carbonyl (C=O) groups is 1. The van der Waals surface area contributed by atoms with Gasteiger partial charge in [0.05, 0.1) is 5.25 Å². The van der Waals surface area contributed by atoms with Gasteiger partial charge in [0, 0.05) is 18.5 Å². The van der Waals surface area contributed by atoms with E-state index in [1.807, 2.05) is 25.1 Å². The highest BCUT2D eigenvalue weighted by atomic mass is 32.2. The molecule has 6 heteroatoms. The van der Waals surface area contributed by atoms with Gasteiger partial charge in [0.15, 0.2) is 5.16 Å². The zero-order valence-electron chi connectivity index (χ0n) is 15.4. The Morgan fingerprint density at radius 3 is 2.58 bits per heavy atom. The van der Waals surface area contributed by atoms with Crippen LogP contribution in [0, 0.1) is 0 Å². The Balaban J connectivity index is 1.34. The number of benzene rings is 1. The molecule has 2 aromatic rings. The summed E-state index contributed by atoms with van der Waals surface area (Å²) >= 11 is 1.54. The lowest BCUT2D eigenvalue weighted by molar-refractivity contribution is -0.120. The van der Waals surface area contributed by atoms with Crippen molar-refractivity contribution in [1.82, 2.24) is 20.1 Å². The molecule has 2 fully saturated rings. The molecule has 0 radical (unpaired) electrons. The molecule has 1 aromatic carbocycles. The number of amides is 1. The largest absolute Gasteiger partial charge is 0.355 e. The van der Waals surface area contributed by atoms with Crippen molar-refractivity contribution in [3.05, 3.63) is 41.7 Å². The second kappa shape index (κ2) is 7.43. The van der Waals surface area contributed by atoms with Crippen molar-refractivity contribution < 1.29 is 4.79 Å². The normalized spacial score (nSPS) is 19.2. The molecule has 0 aliphatic heterocycles. The van der Waals surface area contributed by atoms with Gasteiger partial charge in [0.25, 0.3) is 0 Å². The van der Waals surface area contributed by atoms with Crippen LogP contribution in [0.5, 0.6) is 0 Å². The summed E-state index contributed by atoms with van der Waals surface area (Å²) in [7, 11) is 0. The van der Waals surface area contributed by atoms with Crippen LogP contribution in [0.1, 0.15) is 68.8 Å². The van der Waals surface area contributed by atoms with Crippen LogP contribution < -0.4 is 5.32 Å². The van der Waals surface area contributed by atoms with E-state index in [9.17, 15) is 4.79 Å². The Morgan fingerprint density at radius 1 is 1.19 bits per heavy atom. The summed E-state index contributed by atoms with van der Waals surface area (Å²) in [6.07, 6.45) is 4.87. The topological polar surface area (TPSA) is 59.8 Å². The first-order valence-electron chi connectivity index (χ1n) is 9.57. The van der Waals surface area contributed by atoms with E-state index in [4.69, 9.17) is 0 Å². The zero-order valence-corrected chi connectivity index (χ0v) is 16.2. The van der Waals surface area contributed by atoms with E-state index in [-0.39, 0.29) is 11.2 Å². The van der Waals surface area contributed by atoms with E-state index in [1.54, 1.807) is 0 Å². The molecule has 4 rings (SSSR count). The Kier molecular flexibility index (Phi) is 5.02. The molecule has 1 N–H and O–H groups in total. The SMILES string of the molecule is C[C@H](Sc1nnc(C2CC2)n1C1CC1)C(=O)NC[C@@H](C)c1ccccc1. The van der Waals surface area contributed by atoms with Crippen LogP contribution in [0.15, 0.2) is 35.5 Å². The molecule has 5 nitrogen and oxygen atoms in total. The monoisotopic (exact) mass is 370 g/mol. The highest BCUT2D eigenvalue weighted by Gasteiger charge is 2.37. The van der Waals surface area contributed by atoms with E-state index in [0.717, 1.165) is 11.0 Å². The molecule has 2 saturated carbocycles. The molecule has 0 spiro atoms. The highest BCUT2D eigenvalue weighted by molar-refractivity contribution is 8.00. The van der Waals surface area contributed by atoms with Crippen molar-refractivity contribution in [3.63, 3.8) is 0 Å². The van der Waals surface area contributed by atoms with Crippen molar-refractivity contribution in [2.75, 3.05) is 6.54 Å². The lowest BCUT2D eigenvalue weighted by atomic mass is 10.0. The second-order valence-electron chi connectivity index (χ2n) is 7.53. The third-order valence-electron chi connectivity index (χ3n) is 5.15. The number of aromatic nitrogens is 3. The maximum Gasteiger partial charge on any atom is 0.233 e. The molecule has 1 amide bonds. The molecule has 26 heavy (non-hydrogen) atoms. The average Bonchev–Trinajstić information content (AvgIpc) is 3.59. The Morgan fingerprint density at radius 2 is 1.92 bits per heavy atom. The van der Waals surface area contributed by atoms with Gasteiger partial charge in [0.2, 0.25) is 5.91 Å². The van der Waals surface area contributed by atoms with E-state index < -0.39 is 0 Å². The number of rotatable bonds is 8. The third-order valence-corrected chi connectivity index (χ3v) is 6.20. The molecule has 0 saturated heterocycles. The van der Waals surface area contributed by atoms with Gasteiger partial charge in [-0.3, -0.25) is 4.79 Å². The van der Waals surface area contributed by atoms with Crippen LogP contribution in [-0.4, -0.2) is 32.5 Å². The molecule has 0 bridgehead atoms. The van der Waals surface area contributed by atoms with Crippen molar-refractivity contribution in [2.45, 2.75) is 67.8 Å². The molecule has 1 aromatic heterocycles. The van der Waals surface area contributed by atoms with Crippen molar-refractivity contribution >= 4 is 17.7 Å². The van der Waals surface area contributed by atoms with E-state index >= 15 is 0 Å². The van der Waals surface area contributed by atoms with Crippen LogP contribution in [0.3, 0.4) is 0 Å². The van der Waals surface area contributed by atoms with Crippen molar-refractivity contribution in [3.8, 4) is 0 Å². The number of carbonyl (C=O) groups excluding carboxylic acids is 1. The lowest BCUT2D eigenvalue weighted by Gasteiger charge is -2.16.